The Morgan fingerprint density at radius 2 is 2.03 bits per heavy atom. The highest BCUT2D eigenvalue weighted by atomic mass is 32.2. The summed E-state index contributed by atoms with van der Waals surface area (Å²) in [5, 5.41) is 6.31. The summed E-state index contributed by atoms with van der Waals surface area (Å²) in [5.74, 6) is 1.76. The molecule has 0 unspecified atom stereocenters. The molecule has 0 N–H and O–H groups in total. The lowest BCUT2D eigenvalue weighted by atomic mass is 10.2. The van der Waals surface area contributed by atoms with Gasteiger partial charge in [-0.15, -0.1) is 16.9 Å². The number of hydrogen-bond donors (Lipinski definition) is 0. The Kier molecular flexibility index (Phi) is 7.57. The zero-order valence-electron chi connectivity index (χ0n) is 21.6. The quantitative estimate of drug-likeness (QED) is 0.0942. The number of nitrogens with zero attached hydrogens (tertiary/aromatic N) is 4. The second-order valence-electron chi connectivity index (χ2n) is 8.17. The molecule has 0 amide bonds. The number of imidazole rings is 1. The van der Waals surface area contributed by atoms with Gasteiger partial charge in [0.2, 0.25) is 4.96 Å². The van der Waals surface area contributed by atoms with Gasteiger partial charge in [-0.2, -0.15) is 0 Å². The lowest BCUT2D eigenvalue weighted by Gasteiger charge is -2.10. The van der Waals surface area contributed by atoms with Crippen molar-refractivity contribution in [1.82, 2.24) is 14.6 Å². The number of aromatic nitrogens is 3. The number of aliphatic imine (C=N–C) groups is 1. The van der Waals surface area contributed by atoms with Crippen LogP contribution in [0.4, 0.5) is 0 Å². The summed E-state index contributed by atoms with van der Waals surface area (Å²) in [6.07, 6.45) is 3.69. The van der Waals surface area contributed by atoms with E-state index in [-0.39, 0.29) is 12.6 Å². The zero-order valence-corrected chi connectivity index (χ0v) is 23.2. The molecule has 0 aliphatic carbocycles. The molecule has 5 aromatic rings. The lowest BCUT2D eigenvalue weighted by molar-refractivity contribution is -0.131. The molecule has 3 heterocycles. The molecule has 10 nitrogen and oxygen atoms in total. The van der Waals surface area contributed by atoms with Gasteiger partial charge >= 0.3 is 5.97 Å². The van der Waals surface area contributed by atoms with Gasteiger partial charge in [-0.3, -0.25) is 4.79 Å². The molecule has 3 aromatic heterocycles. The van der Waals surface area contributed by atoms with E-state index in [1.165, 1.54) is 30.0 Å². The van der Waals surface area contributed by atoms with E-state index in [0.717, 1.165) is 10.9 Å². The zero-order chi connectivity index (χ0) is 27.5. The molecule has 0 radical (unpaired) electrons. The Morgan fingerprint density at radius 1 is 1.18 bits per heavy atom. The fourth-order valence-electron chi connectivity index (χ4n) is 3.75. The number of methoxy groups -OCH3 is 2. The van der Waals surface area contributed by atoms with Crippen LogP contribution in [0, 0.1) is 0 Å². The highest BCUT2D eigenvalue weighted by Crippen LogP contribution is 2.37. The molecule has 0 saturated carbocycles. The number of esters is 1. The van der Waals surface area contributed by atoms with E-state index in [4.69, 9.17) is 23.4 Å². The maximum absolute atomic E-state index is 11.3. The molecule has 0 spiro atoms. The van der Waals surface area contributed by atoms with Gasteiger partial charge in [-0.1, -0.05) is 18.7 Å². The van der Waals surface area contributed by atoms with Crippen LogP contribution in [0.25, 0.3) is 27.4 Å². The molecule has 5 rings (SSSR count). The number of ether oxygens (including phenoxy) is 4. The normalized spacial score (nSPS) is 11.6. The number of benzene rings is 2. The first-order chi connectivity index (χ1) is 18.9. The van der Waals surface area contributed by atoms with E-state index in [0.29, 0.717) is 55.2 Å². The van der Waals surface area contributed by atoms with E-state index >= 15 is 0 Å². The van der Waals surface area contributed by atoms with E-state index in [9.17, 15) is 4.79 Å². The molecular formula is C27H24N4O6S2. The number of rotatable bonds is 9. The average molecular weight is 565 g/mol. The van der Waals surface area contributed by atoms with Gasteiger partial charge in [0.1, 0.15) is 40.2 Å². The maximum Gasteiger partial charge on any atom is 0.308 e. The second kappa shape index (κ2) is 11.2. The first-order valence-corrected chi connectivity index (χ1v) is 13.6. The van der Waals surface area contributed by atoms with Crippen molar-refractivity contribution in [2.75, 3.05) is 27.1 Å². The number of carbonyl (C=O) groups excluding carboxylic acids is 1. The van der Waals surface area contributed by atoms with Gasteiger partial charge in [-0.25, -0.2) is 14.5 Å². The van der Waals surface area contributed by atoms with Crippen LogP contribution >= 0.6 is 23.1 Å². The summed E-state index contributed by atoms with van der Waals surface area (Å²) in [5.41, 5.74) is 2.53. The molecule has 0 atom stereocenters. The third kappa shape index (κ3) is 5.76. The molecule has 0 fully saturated rings. The fourth-order valence-corrected chi connectivity index (χ4v) is 5.04. The molecule has 2 aromatic carbocycles. The minimum atomic E-state index is -0.385. The van der Waals surface area contributed by atoms with Gasteiger partial charge in [-0.05, 0) is 35.8 Å². The first kappa shape index (κ1) is 26.3. The summed E-state index contributed by atoms with van der Waals surface area (Å²) in [6.45, 7) is 5.55. The average Bonchev–Trinajstić information content (AvgIpc) is 3.63. The lowest BCUT2D eigenvalue weighted by Crippen LogP contribution is -2.04. The van der Waals surface area contributed by atoms with Crippen LogP contribution in [0.1, 0.15) is 12.5 Å². The third-order valence-electron chi connectivity index (χ3n) is 5.45. The standard InChI is InChI=1S/C27H24N4O6S2/c1-15(28-25(38-5)17-7-6-8-18(9-17)36-16(2)32)14-35-22-10-19(33-3)11-23-20(22)12-24(37-23)21-13-31-26(29-21)39-27(30-31)34-4/h6-13H,1,14H2,2-5H3/b28-25-. The predicted octanol–water partition coefficient (Wildman–Crippen LogP) is 5.85. The minimum absolute atomic E-state index is 0.125. The summed E-state index contributed by atoms with van der Waals surface area (Å²) in [7, 11) is 3.15. The van der Waals surface area contributed by atoms with Crippen molar-refractivity contribution >= 4 is 50.0 Å². The Bertz CT molecular complexity index is 1690. The van der Waals surface area contributed by atoms with Crippen molar-refractivity contribution in [3.63, 3.8) is 0 Å². The van der Waals surface area contributed by atoms with Gasteiger partial charge < -0.3 is 23.4 Å². The van der Waals surface area contributed by atoms with Crippen LogP contribution in [-0.2, 0) is 4.79 Å². The smallest absolute Gasteiger partial charge is 0.308 e. The highest BCUT2D eigenvalue weighted by Gasteiger charge is 2.17. The Labute approximate surface area is 231 Å². The highest BCUT2D eigenvalue weighted by molar-refractivity contribution is 8.13. The minimum Gasteiger partial charge on any atom is -0.496 e. The van der Waals surface area contributed by atoms with Crippen LogP contribution in [0.3, 0.4) is 0 Å². The van der Waals surface area contributed by atoms with E-state index in [2.05, 4.69) is 21.7 Å². The second-order valence-corrected chi connectivity index (χ2v) is 9.88. The SMILES string of the molecule is C=C(COc1cc(OC)cc2oc(-c3cn4nc(OC)sc4n3)cc12)/N=C(\SC)c1cccc(OC(C)=O)c1. The molecule has 0 saturated heterocycles. The largest absolute Gasteiger partial charge is 0.496 e. The van der Waals surface area contributed by atoms with E-state index < -0.39 is 0 Å². The van der Waals surface area contributed by atoms with Gasteiger partial charge in [0, 0.05) is 24.6 Å². The monoisotopic (exact) mass is 564 g/mol. The van der Waals surface area contributed by atoms with Crippen molar-refractivity contribution < 1.29 is 28.2 Å². The number of carbonyl (C=O) groups is 1. The first-order valence-electron chi connectivity index (χ1n) is 11.6. The van der Waals surface area contributed by atoms with Gasteiger partial charge in [0.05, 0.1) is 31.5 Å². The van der Waals surface area contributed by atoms with Gasteiger partial charge in [0.15, 0.2) is 5.76 Å². The van der Waals surface area contributed by atoms with Crippen molar-refractivity contribution in [3.8, 4) is 33.9 Å². The van der Waals surface area contributed by atoms with Crippen LogP contribution in [0.2, 0.25) is 0 Å². The van der Waals surface area contributed by atoms with E-state index in [1.807, 2.05) is 18.4 Å². The van der Waals surface area contributed by atoms with Crippen molar-refractivity contribution in [3.05, 3.63) is 66.5 Å². The summed E-state index contributed by atoms with van der Waals surface area (Å²) in [6, 6.07) is 12.6. The van der Waals surface area contributed by atoms with Crippen molar-refractivity contribution in [1.29, 1.82) is 0 Å². The van der Waals surface area contributed by atoms with Crippen molar-refractivity contribution in [2.24, 2.45) is 4.99 Å². The molecule has 39 heavy (non-hydrogen) atoms. The van der Waals surface area contributed by atoms with Crippen LogP contribution in [-0.4, -0.2) is 52.7 Å². The molecule has 0 aliphatic heterocycles. The summed E-state index contributed by atoms with van der Waals surface area (Å²) >= 11 is 2.79. The Hall–Kier alpha value is -4.29. The molecule has 12 heteroatoms. The number of fused-ring (bicyclic) bond motifs is 2. The van der Waals surface area contributed by atoms with Crippen LogP contribution < -0.4 is 18.9 Å². The van der Waals surface area contributed by atoms with Crippen molar-refractivity contribution in [2.45, 2.75) is 6.92 Å². The van der Waals surface area contributed by atoms with Crippen LogP contribution in [0.5, 0.6) is 22.4 Å². The van der Waals surface area contributed by atoms with Crippen LogP contribution in [0.15, 0.2) is 70.3 Å². The Balaban J connectivity index is 1.38. The summed E-state index contributed by atoms with van der Waals surface area (Å²) in [4.78, 5) is 21.2. The van der Waals surface area contributed by atoms with Gasteiger partial charge in [0.25, 0.3) is 5.19 Å². The third-order valence-corrected chi connectivity index (χ3v) is 7.05. The predicted molar refractivity (Wildman–Crippen MR) is 152 cm³/mol. The van der Waals surface area contributed by atoms with E-state index in [1.54, 1.807) is 55.3 Å². The summed E-state index contributed by atoms with van der Waals surface area (Å²) < 4.78 is 29.7. The molecule has 200 valence electrons. The molecule has 0 bridgehead atoms. The molecule has 0 aliphatic rings. The number of thioether (sulfide) groups is 1. The number of hydrogen-bond acceptors (Lipinski definition) is 11. The topological polar surface area (TPSA) is 110 Å². The Morgan fingerprint density at radius 3 is 2.74 bits per heavy atom. The maximum atomic E-state index is 11.3. The fraction of sp³-hybridized carbons (Fsp3) is 0.185. The number of furan rings is 1. The molecular weight excluding hydrogens is 540 g/mol.